The lowest BCUT2D eigenvalue weighted by Gasteiger charge is -2.56. The van der Waals surface area contributed by atoms with Gasteiger partial charge in [-0.05, 0) is 111 Å². The molecule has 8 rings (SSSR count). The maximum absolute atomic E-state index is 13.6. The van der Waals surface area contributed by atoms with Gasteiger partial charge in [-0.25, -0.2) is 14.4 Å². The van der Waals surface area contributed by atoms with Gasteiger partial charge in [0.1, 0.15) is 11.2 Å². The van der Waals surface area contributed by atoms with Crippen molar-refractivity contribution in [1.29, 1.82) is 5.26 Å². The number of urea groups is 1. The van der Waals surface area contributed by atoms with Crippen LogP contribution in [0.25, 0.3) is 5.69 Å². The highest BCUT2D eigenvalue weighted by Gasteiger charge is 2.53. The topological polar surface area (TPSA) is 131 Å². The number of carbonyl (C=O) groups excluding carboxylic acids is 3. The number of anilines is 1. The zero-order valence-electron chi connectivity index (χ0n) is 29.2. The van der Waals surface area contributed by atoms with Crippen LogP contribution < -0.4 is 4.90 Å². The Morgan fingerprint density at radius 3 is 2.27 bits per heavy atom. The summed E-state index contributed by atoms with van der Waals surface area (Å²) < 4.78 is 53.7. The summed E-state index contributed by atoms with van der Waals surface area (Å²) in [5.74, 6) is 1.64. The molecular formula is C38H41F3N6O5. The molecule has 5 fully saturated rings. The Bertz CT molecular complexity index is 1860. The van der Waals surface area contributed by atoms with Crippen molar-refractivity contribution in [2.24, 2.45) is 23.2 Å². The molecule has 2 heterocycles. The Balaban J connectivity index is 0.882. The second kappa shape index (κ2) is 13.7. The van der Waals surface area contributed by atoms with Crippen molar-refractivity contribution in [3.63, 3.8) is 0 Å². The molecule has 5 aliphatic rings. The Labute approximate surface area is 299 Å². The van der Waals surface area contributed by atoms with Gasteiger partial charge in [0.2, 0.25) is 0 Å². The zero-order valence-corrected chi connectivity index (χ0v) is 29.2. The number of nitrogens with zero attached hydrogens (tertiary/aromatic N) is 6. The van der Waals surface area contributed by atoms with Gasteiger partial charge in [-0.1, -0.05) is 17.3 Å². The van der Waals surface area contributed by atoms with Gasteiger partial charge in [-0.15, -0.1) is 5.10 Å². The second-order valence-corrected chi connectivity index (χ2v) is 15.4. The number of alkyl halides is 3. The van der Waals surface area contributed by atoms with Crippen LogP contribution in [0, 0.1) is 34.5 Å². The van der Waals surface area contributed by atoms with E-state index in [4.69, 9.17) is 14.7 Å². The van der Waals surface area contributed by atoms with E-state index in [0.717, 1.165) is 34.8 Å². The van der Waals surface area contributed by atoms with Crippen molar-refractivity contribution < 1.29 is 37.0 Å². The van der Waals surface area contributed by atoms with Crippen LogP contribution in [-0.4, -0.2) is 56.6 Å². The van der Waals surface area contributed by atoms with E-state index in [2.05, 4.69) is 10.3 Å². The molecule has 11 nitrogen and oxygen atoms in total. The van der Waals surface area contributed by atoms with Crippen molar-refractivity contribution in [1.82, 2.24) is 19.9 Å². The maximum atomic E-state index is 13.6. The fraction of sp³-hybridized carbons (Fsp3) is 0.526. The minimum atomic E-state index is -4.84. The molecule has 1 aromatic heterocycles. The number of ether oxygens (including phenoxy) is 2. The van der Waals surface area contributed by atoms with E-state index in [1.165, 1.54) is 63.3 Å². The minimum absolute atomic E-state index is 0.0186. The van der Waals surface area contributed by atoms with Crippen LogP contribution in [-0.2, 0) is 38.4 Å². The molecule has 0 radical (unpaired) electrons. The molecule has 4 bridgehead atoms. The third kappa shape index (κ3) is 7.02. The van der Waals surface area contributed by atoms with Crippen LogP contribution in [0.1, 0.15) is 87.6 Å². The zero-order chi connectivity index (χ0) is 36.8. The quantitative estimate of drug-likeness (QED) is 0.112. The van der Waals surface area contributed by atoms with Gasteiger partial charge < -0.3 is 14.4 Å². The van der Waals surface area contributed by atoms with Crippen LogP contribution >= 0.6 is 0 Å². The average Bonchev–Trinajstić information content (AvgIpc) is 3.62. The van der Waals surface area contributed by atoms with Crippen molar-refractivity contribution in [2.75, 3.05) is 18.1 Å². The van der Waals surface area contributed by atoms with Gasteiger partial charge in [0.05, 0.1) is 61.0 Å². The predicted octanol–water partition coefficient (Wildman–Crippen LogP) is 6.96. The van der Waals surface area contributed by atoms with Crippen molar-refractivity contribution >= 4 is 23.6 Å². The molecule has 2 aromatic carbocycles. The van der Waals surface area contributed by atoms with E-state index >= 15 is 0 Å². The fourth-order valence-corrected chi connectivity index (χ4v) is 9.15. The number of hydrogen-bond donors (Lipinski definition) is 0. The normalized spacial score (nSPS) is 24.8. The lowest BCUT2D eigenvalue weighted by atomic mass is 9.49. The molecule has 0 N–H and O–H groups in total. The summed E-state index contributed by atoms with van der Waals surface area (Å²) in [6.07, 6.45) is 5.62. The summed E-state index contributed by atoms with van der Waals surface area (Å²) in [7, 11) is 0. The van der Waals surface area contributed by atoms with Crippen molar-refractivity contribution in [3.8, 4) is 11.8 Å². The smallest absolute Gasteiger partial charge is 0.417 e. The Morgan fingerprint density at radius 2 is 1.63 bits per heavy atom. The monoisotopic (exact) mass is 718 g/mol. The molecule has 274 valence electrons. The van der Waals surface area contributed by atoms with Crippen LogP contribution in [0.15, 0.2) is 48.7 Å². The SMILES string of the molecule is CC1(C)C(=O)N(c2ccc(C#N)c(C(F)(F)F)c2)C(=O)N1Cc1ccc(-n2cc(COCCCOC(=O)CC34CC5CC(CC(C5)C3)C4)nn2)cc1. The first-order valence-electron chi connectivity index (χ1n) is 17.8. The molecule has 3 aromatic rings. The molecule has 0 spiro atoms. The summed E-state index contributed by atoms with van der Waals surface area (Å²) in [6, 6.07) is 10.6. The number of hydrogen-bond acceptors (Lipinski definition) is 8. The van der Waals surface area contributed by atoms with Gasteiger partial charge in [0.25, 0.3) is 5.91 Å². The summed E-state index contributed by atoms with van der Waals surface area (Å²) in [4.78, 5) is 41.5. The number of benzene rings is 2. The Morgan fingerprint density at radius 1 is 0.981 bits per heavy atom. The van der Waals surface area contributed by atoms with Crippen LogP contribution in [0.4, 0.5) is 23.7 Å². The average molecular weight is 719 g/mol. The number of rotatable bonds is 12. The van der Waals surface area contributed by atoms with Gasteiger partial charge in [-0.2, -0.15) is 18.4 Å². The van der Waals surface area contributed by atoms with Crippen LogP contribution in [0.3, 0.4) is 0 Å². The van der Waals surface area contributed by atoms with Gasteiger partial charge in [-0.3, -0.25) is 9.59 Å². The summed E-state index contributed by atoms with van der Waals surface area (Å²) >= 11 is 0. The van der Waals surface area contributed by atoms with Crippen molar-refractivity contribution in [2.45, 2.75) is 90.1 Å². The third-order valence-corrected chi connectivity index (χ3v) is 11.2. The first-order valence-corrected chi connectivity index (χ1v) is 17.8. The van der Waals surface area contributed by atoms with Crippen molar-refractivity contribution in [3.05, 3.63) is 71.0 Å². The van der Waals surface area contributed by atoms with Gasteiger partial charge >= 0.3 is 18.2 Å². The highest BCUT2D eigenvalue weighted by Crippen LogP contribution is 2.61. The minimum Gasteiger partial charge on any atom is -0.466 e. The molecule has 4 saturated carbocycles. The van der Waals surface area contributed by atoms with Gasteiger partial charge in [0.15, 0.2) is 0 Å². The highest BCUT2D eigenvalue weighted by molar-refractivity contribution is 6.23. The largest absolute Gasteiger partial charge is 0.466 e. The molecular weight excluding hydrogens is 677 g/mol. The molecule has 1 saturated heterocycles. The van der Waals surface area contributed by atoms with E-state index in [1.807, 2.05) is 0 Å². The second-order valence-electron chi connectivity index (χ2n) is 15.4. The first kappa shape index (κ1) is 35.6. The fourth-order valence-electron chi connectivity index (χ4n) is 9.15. The van der Waals surface area contributed by atoms with E-state index in [1.54, 1.807) is 35.1 Å². The Hall–Kier alpha value is -4.77. The standard InChI is InChI=1S/C38H41F3N6O5/c1-36(2)34(49)47(31-9-6-28(20-42)32(15-31)38(39,40)41)35(50)45(36)21-24-4-7-30(8-5-24)46-22-29(43-44-46)23-51-10-3-11-52-33(48)19-37-16-25-12-26(17-37)14-27(13-25)18-37/h4-9,15,22,25-27H,3,10-14,16-19,21,23H2,1-2H3. The highest BCUT2D eigenvalue weighted by atomic mass is 19.4. The van der Waals surface area contributed by atoms with E-state index < -0.39 is 34.8 Å². The molecule has 0 atom stereocenters. The summed E-state index contributed by atoms with van der Waals surface area (Å²) in [6.45, 7) is 4.05. The van der Waals surface area contributed by atoms with E-state index in [0.29, 0.717) is 49.1 Å². The van der Waals surface area contributed by atoms with Gasteiger partial charge in [0, 0.05) is 13.0 Å². The number of nitriles is 1. The molecule has 52 heavy (non-hydrogen) atoms. The molecule has 0 unspecified atom stereocenters. The number of aromatic nitrogens is 3. The lowest BCUT2D eigenvalue weighted by Crippen LogP contribution is -2.47. The molecule has 1 aliphatic heterocycles. The third-order valence-electron chi connectivity index (χ3n) is 11.2. The number of halogens is 3. The number of imide groups is 1. The number of esters is 1. The number of carbonyl (C=O) groups is 3. The molecule has 4 aliphatic carbocycles. The summed E-state index contributed by atoms with van der Waals surface area (Å²) in [5.41, 5.74) is -1.28. The number of amides is 3. The summed E-state index contributed by atoms with van der Waals surface area (Å²) in [5, 5.41) is 17.5. The Kier molecular flexibility index (Phi) is 9.35. The molecule has 14 heteroatoms. The molecule has 3 amide bonds. The predicted molar refractivity (Wildman–Crippen MR) is 180 cm³/mol. The van der Waals surface area contributed by atoms with Crippen LogP contribution in [0.5, 0.6) is 0 Å². The first-order chi connectivity index (χ1) is 24.7. The van der Waals surface area contributed by atoms with E-state index in [9.17, 15) is 27.6 Å². The maximum Gasteiger partial charge on any atom is 0.417 e. The lowest BCUT2D eigenvalue weighted by molar-refractivity contribution is -0.152. The van der Waals surface area contributed by atoms with E-state index in [-0.39, 0.29) is 30.2 Å². The van der Waals surface area contributed by atoms with Crippen LogP contribution in [0.2, 0.25) is 0 Å².